The number of sulfone groups is 1. The molecule has 94 valence electrons. The van der Waals surface area contributed by atoms with Gasteiger partial charge in [-0.15, -0.1) is 0 Å². The van der Waals surface area contributed by atoms with Crippen LogP contribution in [0.2, 0.25) is 0 Å². The molecular formula is C10H12BrNO4S. The molecule has 0 aliphatic heterocycles. The summed E-state index contributed by atoms with van der Waals surface area (Å²) < 4.78 is 28.2. The van der Waals surface area contributed by atoms with Gasteiger partial charge in [0.1, 0.15) is 5.75 Å². The summed E-state index contributed by atoms with van der Waals surface area (Å²) >= 11 is 3.21. The second-order valence-electron chi connectivity index (χ2n) is 3.46. The second-order valence-corrected chi connectivity index (χ2v) is 6.38. The summed E-state index contributed by atoms with van der Waals surface area (Å²) in [5.41, 5.74) is 6.62. The van der Waals surface area contributed by atoms with E-state index in [4.69, 9.17) is 5.73 Å². The molecule has 1 rings (SSSR count). The van der Waals surface area contributed by atoms with Crippen molar-refractivity contribution in [2.45, 2.75) is 5.75 Å². The zero-order chi connectivity index (χ0) is 13.1. The van der Waals surface area contributed by atoms with Gasteiger partial charge < -0.3 is 10.5 Å². The van der Waals surface area contributed by atoms with E-state index in [1.807, 2.05) is 0 Å². The highest BCUT2D eigenvalue weighted by Gasteiger charge is 2.18. The number of hydrogen-bond donors (Lipinski definition) is 1. The first-order valence-corrected chi connectivity index (χ1v) is 7.26. The average molecular weight is 322 g/mol. The zero-order valence-corrected chi connectivity index (χ0v) is 11.5. The minimum atomic E-state index is -3.52. The van der Waals surface area contributed by atoms with Crippen LogP contribution in [-0.4, -0.2) is 27.2 Å². The van der Waals surface area contributed by atoms with E-state index in [9.17, 15) is 13.2 Å². The predicted octanol–water partition coefficient (Wildman–Crippen LogP) is 1.12. The molecule has 5 nitrogen and oxygen atoms in total. The van der Waals surface area contributed by atoms with Crippen LogP contribution in [0.3, 0.4) is 0 Å². The number of carbonyl (C=O) groups is 1. The highest BCUT2D eigenvalue weighted by molar-refractivity contribution is 9.10. The van der Waals surface area contributed by atoms with Crippen LogP contribution in [0.25, 0.3) is 0 Å². The van der Waals surface area contributed by atoms with Crippen LogP contribution in [0.15, 0.2) is 22.7 Å². The maximum Gasteiger partial charge on any atom is 0.320 e. The summed E-state index contributed by atoms with van der Waals surface area (Å²) in [5, 5.41) is 0. The molecule has 0 spiro atoms. The van der Waals surface area contributed by atoms with Gasteiger partial charge in [-0.05, 0) is 33.6 Å². The Morgan fingerprint density at radius 2 is 2.12 bits per heavy atom. The molecule has 0 fully saturated rings. The molecule has 0 amide bonds. The molecular weight excluding hydrogens is 310 g/mol. The molecule has 0 aliphatic carbocycles. The van der Waals surface area contributed by atoms with Crippen LogP contribution in [-0.2, 0) is 25.1 Å². The summed E-state index contributed by atoms with van der Waals surface area (Å²) in [5.74, 6) is -1.63. The standard InChI is InChI=1S/C10H12BrNO4S/c1-16-10(13)6-17(14,15)5-7-2-3-8(11)9(12)4-7/h2-4H,5-6,12H2,1H3. The third-order valence-corrected chi connectivity index (χ3v) is 4.18. The van der Waals surface area contributed by atoms with Crippen LogP contribution in [0.4, 0.5) is 5.69 Å². The lowest BCUT2D eigenvalue weighted by molar-refractivity contribution is -0.137. The van der Waals surface area contributed by atoms with E-state index in [1.54, 1.807) is 18.2 Å². The summed E-state index contributed by atoms with van der Waals surface area (Å²) in [6, 6.07) is 4.85. The molecule has 0 heterocycles. The molecule has 1 aromatic rings. The third kappa shape index (κ3) is 4.35. The van der Waals surface area contributed by atoms with Gasteiger partial charge in [-0.25, -0.2) is 8.42 Å². The van der Waals surface area contributed by atoms with Gasteiger partial charge in [0.15, 0.2) is 9.84 Å². The van der Waals surface area contributed by atoms with Gasteiger partial charge in [0, 0.05) is 10.2 Å². The number of nitrogen functional groups attached to an aromatic ring is 1. The molecule has 0 saturated carbocycles. The fourth-order valence-electron chi connectivity index (χ4n) is 1.23. The van der Waals surface area contributed by atoms with Crippen LogP contribution in [0, 0.1) is 0 Å². The first kappa shape index (κ1) is 14.0. The topological polar surface area (TPSA) is 86.5 Å². The lowest BCUT2D eigenvalue weighted by Crippen LogP contribution is -2.18. The van der Waals surface area contributed by atoms with E-state index >= 15 is 0 Å². The van der Waals surface area contributed by atoms with Gasteiger partial charge in [0.25, 0.3) is 0 Å². The van der Waals surface area contributed by atoms with Crippen molar-refractivity contribution in [1.82, 2.24) is 0 Å². The van der Waals surface area contributed by atoms with Crippen LogP contribution in [0.1, 0.15) is 5.56 Å². The summed E-state index contributed by atoms with van der Waals surface area (Å²) in [6.07, 6.45) is 0. The Morgan fingerprint density at radius 3 is 2.65 bits per heavy atom. The van der Waals surface area contributed by atoms with Gasteiger partial charge in [0.05, 0.1) is 12.9 Å². The average Bonchev–Trinajstić information content (AvgIpc) is 2.22. The monoisotopic (exact) mass is 321 g/mol. The van der Waals surface area contributed by atoms with E-state index in [0.717, 1.165) is 7.11 Å². The summed E-state index contributed by atoms with van der Waals surface area (Å²) in [4.78, 5) is 10.9. The third-order valence-electron chi connectivity index (χ3n) is 2.01. The molecule has 17 heavy (non-hydrogen) atoms. The first-order chi connectivity index (χ1) is 7.84. The van der Waals surface area contributed by atoms with Crippen molar-refractivity contribution < 1.29 is 17.9 Å². The molecule has 0 atom stereocenters. The number of hydrogen-bond acceptors (Lipinski definition) is 5. The summed E-state index contributed by atoms with van der Waals surface area (Å²) in [7, 11) is -2.37. The quantitative estimate of drug-likeness (QED) is 0.663. The Balaban J connectivity index is 2.83. The van der Waals surface area contributed by atoms with Crippen molar-refractivity contribution in [3.05, 3.63) is 28.2 Å². The number of anilines is 1. The number of methoxy groups -OCH3 is 1. The summed E-state index contributed by atoms with van der Waals surface area (Å²) in [6.45, 7) is 0. The molecule has 0 bridgehead atoms. The Bertz CT molecular complexity index is 527. The van der Waals surface area contributed by atoms with Gasteiger partial charge in [-0.2, -0.15) is 0 Å². The molecule has 0 unspecified atom stereocenters. The lowest BCUT2D eigenvalue weighted by atomic mass is 10.2. The van der Waals surface area contributed by atoms with Gasteiger partial charge in [-0.3, -0.25) is 4.79 Å². The van der Waals surface area contributed by atoms with Crippen molar-refractivity contribution in [3.63, 3.8) is 0 Å². The minimum absolute atomic E-state index is 0.237. The normalized spacial score (nSPS) is 11.2. The van der Waals surface area contributed by atoms with Crippen molar-refractivity contribution in [3.8, 4) is 0 Å². The fraction of sp³-hybridized carbons (Fsp3) is 0.300. The van der Waals surface area contributed by atoms with Crippen LogP contribution < -0.4 is 5.73 Å². The molecule has 1 aromatic carbocycles. The highest BCUT2D eigenvalue weighted by atomic mass is 79.9. The van der Waals surface area contributed by atoms with Crippen molar-refractivity contribution >= 4 is 37.4 Å². The Labute approximate surface area is 108 Å². The minimum Gasteiger partial charge on any atom is -0.468 e. The molecule has 2 N–H and O–H groups in total. The zero-order valence-electron chi connectivity index (χ0n) is 9.14. The maximum absolute atomic E-state index is 11.6. The lowest BCUT2D eigenvalue weighted by Gasteiger charge is -2.05. The number of halogens is 1. The number of esters is 1. The second kappa shape index (κ2) is 5.50. The number of nitrogens with two attached hydrogens (primary N) is 1. The fourth-order valence-corrected chi connectivity index (χ4v) is 2.74. The first-order valence-electron chi connectivity index (χ1n) is 4.65. The smallest absolute Gasteiger partial charge is 0.320 e. The number of benzene rings is 1. The largest absolute Gasteiger partial charge is 0.468 e. The maximum atomic E-state index is 11.6. The number of carbonyl (C=O) groups excluding carboxylic acids is 1. The molecule has 0 aromatic heterocycles. The molecule has 0 aliphatic rings. The van der Waals surface area contributed by atoms with E-state index in [0.29, 0.717) is 15.7 Å². The van der Waals surface area contributed by atoms with Gasteiger partial charge in [0.2, 0.25) is 0 Å². The number of ether oxygens (including phenoxy) is 1. The van der Waals surface area contributed by atoms with Crippen molar-refractivity contribution in [2.24, 2.45) is 0 Å². The van der Waals surface area contributed by atoms with E-state index in [1.165, 1.54) is 0 Å². The molecule has 7 heteroatoms. The van der Waals surface area contributed by atoms with E-state index in [-0.39, 0.29) is 5.75 Å². The van der Waals surface area contributed by atoms with Crippen LogP contribution in [0.5, 0.6) is 0 Å². The van der Waals surface area contributed by atoms with Gasteiger partial charge >= 0.3 is 5.97 Å². The Kier molecular flexibility index (Phi) is 4.53. The highest BCUT2D eigenvalue weighted by Crippen LogP contribution is 2.21. The molecule has 0 radical (unpaired) electrons. The van der Waals surface area contributed by atoms with Crippen molar-refractivity contribution in [2.75, 3.05) is 18.6 Å². The van der Waals surface area contributed by atoms with E-state index in [2.05, 4.69) is 20.7 Å². The predicted molar refractivity (Wildman–Crippen MR) is 68.1 cm³/mol. The van der Waals surface area contributed by atoms with Gasteiger partial charge in [-0.1, -0.05) is 6.07 Å². The SMILES string of the molecule is COC(=O)CS(=O)(=O)Cc1ccc(Br)c(N)c1. The molecule has 0 saturated heterocycles. The Hall–Kier alpha value is -1.08. The van der Waals surface area contributed by atoms with Crippen LogP contribution >= 0.6 is 15.9 Å². The number of rotatable bonds is 4. The van der Waals surface area contributed by atoms with Crippen molar-refractivity contribution in [1.29, 1.82) is 0 Å². The Morgan fingerprint density at radius 1 is 1.47 bits per heavy atom. The van der Waals surface area contributed by atoms with E-state index < -0.39 is 21.6 Å².